The van der Waals surface area contributed by atoms with Crippen LogP contribution in [0.3, 0.4) is 0 Å². The summed E-state index contributed by atoms with van der Waals surface area (Å²) >= 11 is 0. The van der Waals surface area contributed by atoms with Crippen molar-refractivity contribution >= 4 is 17.7 Å². The maximum absolute atomic E-state index is 12.7. The molecule has 1 heterocycles. The van der Waals surface area contributed by atoms with Crippen molar-refractivity contribution in [1.82, 2.24) is 15.5 Å². The fourth-order valence-corrected chi connectivity index (χ4v) is 3.33. The van der Waals surface area contributed by atoms with E-state index in [4.69, 9.17) is 0 Å². The number of piperazine rings is 1. The molecule has 1 aromatic carbocycles. The number of nitrogens with one attached hydrogen (secondary N) is 3. The lowest BCUT2D eigenvalue weighted by Gasteiger charge is -2.32. The smallest absolute Gasteiger partial charge is 0.309 e. The first-order chi connectivity index (χ1) is 13.6. The summed E-state index contributed by atoms with van der Waals surface area (Å²) in [7, 11) is 0. The number of quaternary nitrogens is 1. The van der Waals surface area contributed by atoms with Gasteiger partial charge < -0.3 is 20.4 Å². The summed E-state index contributed by atoms with van der Waals surface area (Å²) in [6.45, 7) is 14.3. The Morgan fingerprint density at radius 3 is 2.14 bits per heavy atom. The van der Waals surface area contributed by atoms with E-state index in [1.165, 1.54) is 10.5 Å². The van der Waals surface area contributed by atoms with Crippen LogP contribution in [0.25, 0.3) is 0 Å². The lowest BCUT2D eigenvalue weighted by Crippen LogP contribution is -3.15. The molecule has 1 fully saturated rings. The molecule has 7 nitrogen and oxygen atoms in total. The summed E-state index contributed by atoms with van der Waals surface area (Å²) in [5, 5.41) is 5.23. The Morgan fingerprint density at radius 1 is 1.03 bits per heavy atom. The molecule has 7 heteroatoms. The van der Waals surface area contributed by atoms with Crippen molar-refractivity contribution in [3.8, 4) is 0 Å². The third kappa shape index (κ3) is 6.85. The molecule has 2 rings (SSSR count). The van der Waals surface area contributed by atoms with Gasteiger partial charge in [0.2, 0.25) is 0 Å². The average molecular weight is 404 g/mol. The molecule has 0 unspecified atom stereocenters. The molecule has 1 aromatic rings. The molecular weight excluding hydrogens is 368 g/mol. The van der Waals surface area contributed by atoms with Gasteiger partial charge in [-0.1, -0.05) is 32.9 Å². The van der Waals surface area contributed by atoms with E-state index in [0.717, 1.165) is 25.2 Å². The SMILES string of the molecule is CC(C)NC(=O)C(=O)NCC[NH+]1CCN(C(=O)c2ccc(C(C)(C)C)cc2)CC1. The Kier molecular flexibility index (Phi) is 7.79. The van der Waals surface area contributed by atoms with Crippen molar-refractivity contribution in [2.75, 3.05) is 39.3 Å². The quantitative estimate of drug-likeness (QED) is 0.604. The minimum atomic E-state index is -0.595. The largest absolute Gasteiger partial charge is 0.346 e. The van der Waals surface area contributed by atoms with Crippen LogP contribution in [0.4, 0.5) is 0 Å². The molecule has 0 spiro atoms. The van der Waals surface area contributed by atoms with Gasteiger partial charge in [0.1, 0.15) is 0 Å². The first-order valence-electron chi connectivity index (χ1n) is 10.4. The Balaban J connectivity index is 1.75. The summed E-state index contributed by atoms with van der Waals surface area (Å²) in [4.78, 5) is 39.3. The van der Waals surface area contributed by atoms with Crippen molar-refractivity contribution in [2.24, 2.45) is 0 Å². The Bertz CT molecular complexity index is 715. The van der Waals surface area contributed by atoms with Crippen LogP contribution in [0.5, 0.6) is 0 Å². The highest BCUT2D eigenvalue weighted by Gasteiger charge is 2.25. The van der Waals surface area contributed by atoms with Gasteiger partial charge in [0.15, 0.2) is 0 Å². The lowest BCUT2D eigenvalue weighted by molar-refractivity contribution is -0.902. The Morgan fingerprint density at radius 2 is 1.62 bits per heavy atom. The van der Waals surface area contributed by atoms with E-state index >= 15 is 0 Å². The first-order valence-corrected chi connectivity index (χ1v) is 10.4. The maximum Gasteiger partial charge on any atom is 0.309 e. The zero-order valence-corrected chi connectivity index (χ0v) is 18.3. The third-order valence-electron chi connectivity index (χ3n) is 5.15. The molecule has 1 saturated heterocycles. The van der Waals surface area contributed by atoms with E-state index in [0.29, 0.717) is 19.6 Å². The molecule has 29 heavy (non-hydrogen) atoms. The number of benzene rings is 1. The number of rotatable bonds is 5. The predicted molar refractivity (Wildman–Crippen MR) is 113 cm³/mol. The zero-order valence-electron chi connectivity index (χ0n) is 18.3. The van der Waals surface area contributed by atoms with Crippen molar-refractivity contribution in [1.29, 1.82) is 0 Å². The van der Waals surface area contributed by atoms with Crippen LogP contribution < -0.4 is 15.5 Å². The molecule has 3 N–H and O–H groups in total. The van der Waals surface area contributed by atoms with Gasteiger partial charge in [0.05, 0.1) is 39.3 Å². The van der Waals surface area contributed by atoms with E-state index in [1.54, 1.807) is 0 Å². The number of amides is 3. The minimum absolute atomic E-state index is 0.0610. The molecule has 0 aromatic heterocycles. The van der Waals surface area contributed by atoms with Crippen LogP contribution in [-0.2, 0) is 15.0 Å². The number of hydrogen-bond donors (Lipinski definition) is 3. The fraction of sp³-hybridized carbons (Fsp3) is 0.591. The van der Waals surface area contributed by atoms with Crippen molar-refractivity contribution in [2.45, 2.75) is 46.1 Å². The number of hydrogen-bond acceptors (Lipinski definition) is 3. The van der Waals surface area contributed by atoms with Gasteiger partial charge in [-0.15, -0.1) is 0 Å². The Labute approximate surface area is 173 Å². The van der Waals surface area contributed by atoms with Crippen molar-refractivity contribution in [3.05, 3.63) is 35.4 Å². The molecule has 3 amide bonds. The van der Waals surface area contributed by atoms with Gasteiger partial charge in [0.25, 0.3) is 5.91 Å². The average Bonchev–Trinajstić information content (AvgIpc) is 2.66. The topological polar surface area (TPSA) is 82.9 Å². The second-order valence-corrected chi connectivity index (χ2v) is 9.00. The van der Waals surface area contributed by atoms with E-state index in [-0.39, 0.29) is 17.4 Å². The van der Waals surface area contributed by atoms with E-state index < -0.39 is 11.8 Å². The maximum atomic E-state index is 12.7. The number of carbonyl (C=O) groups is 3. The first kappa shape index (κ1) is 22.9. The summed E-state index contributed by atoms with van der Waals surface area (Å²) in [6, 6.07) is 7.84. The molecule has 1 aliphatic rings. The lowest BCUT2D eigenvalue weighted by atomic mass is 9.86. The van der Waals surface area contributed by atoms with Crippen molar-refractivity contribution in [3.63, 3.8) is 0 Å². The molecule has 0 saturated carbocycles. The third-order valence-corrected chi connectivity index (χ3v) is 5.15. The highest BCUT2D eigenvalue weighted by atomic mass is 16.2. The highest BCUT2D eigenvalue weighted by molar-refractivity contribution is 6.35. The number of carbonyl (C=O) groups excluding carboxylic acids is 3. The van der Waals surface area contributed by atoms with Gasteiger partial charge in [-0.05, 0) is 37.0 Å². The van der Waals surface area contributed by atoms with Crippen LogP contribution in [0.2, 0.25) is 0 Å². The summed E-state index contributed by atoms with van der Waals surface area (Å²) in [5.74, 6) is -1.11. The van der Waals surface area contributed by atoms with E-state index in [1.807, 2.05) is 43.0 Å². The monoisotopic (exact) mass is 403 g/mol. The fourth-order valence-electron chi connectivity index (χ4n) is 3.33. The van der Waals surface area contributed by atoms with Gasteiger partial charge >= 0.3 is 11.8 Å². The molecule has 1 aliphatic heterocycles. The van der Waals surface area contributed by atoms with Gasteiger partial charge in [-0.2, -0.15) is 0 Å². The number of nitrogens with zero attached hydrogens (tertiary/aromatic N) is 1. The minimum Gasteiger partial charge on any atom is -0.346 e. The molecule has 160 valence electrons. The zero-order chi connectivity index (χ0) is 21.6. The predicted octanol–water partition coefficient (Wildman–Crippen LogP) is -0.0344. The van der Waals surface area contributed by atoms with E-state index in [9.17, 15) is 14.4 Å². The summed E-state index contributed by atoms with van der Waals surface area (Å²) in [6.07, 6.45) is 0. The molecule has 0 radical (unpaired) electrons. The summed E-state index contributed by atoms with van der Waals surface area (Å²) < 4.78 is 0. The normalized spacial score (nSPS) is 15.3. The molecule has 0 atom stereocenters. The standard InChI is InChI=1S/C22H34N4O3/c1-16(2)24-20(28)19(27)23-10-11-25-12-14-26(15-13-25)21(29)17-6-8-18(9-7-17)22(3,4)5/h6-9,16H,10-15H2,1-5H3,(H,23,27)(H,24,28)/p+1. The van der Waals surface area contributed by atoms with Crippen LogP contribution in [0.1, 0.15) is 50.5 Å². The van der Waals surface area contributed by atoms with Gasteiger partial charge in [-0.3, -0.25) is 14.4 Å². The molecule has 0 aliphatic carbocycles. The molecular formula is C22H35N4O3+. The second kappa shape index (κ2) is 9.87. The van der Waals surface area contributed by atoms with E-state index in [2.05, 4.69) is 31.4 Å². The summed E-state index contributed by atoms with van der Waals surface area (Å²) in [5.41, 5.74) is 2.01. The van der Waals surface area contributed by atoms with Crippen LogP contribution in [0.15, 0.2) is 24.3 Å². The van der Waals surface area contributed by atoms with Crippen LogP contribution >= 0.6 is 0 Å². The molecule has 0 bridgehead atoms. The second-order valence-electron chi connectivity index (χ2n) is 9.00. The van der Waals surface area contributed by atoms with Crippen molar-refractivity contribution < 1.29 is 19.3 Å². The van der Waals surface area contributed by atoms with Crippen LogP contribution in [-0.4, -0.2) is 67.9 Å². The highest BCUT2D eigenvalue weighted by Crippen LogP contribution is 2.22. The van der Waals surface area contributed by atoms with Gasteiger partial charge in [0, 0.05) is 11.6 Å². The Hall–Kier alpha value is -2.41. The van der Waals surface area contributed by atoms with Crippen LogP contribution in [0, 0.1) is 0 Å². The van der Waals surface area contributed by atoms with Gasteiger partial charge in [-0.25, -0.2) is 0 Å².